The molecule has 0 amide bonds. The average molecular weight is 1190 g/mol. The Morgan fingerprint density at radius 1 is 0.283 bits per heavy atom. The molecule has 92 heavy (non-hydrogen) atoms. The van der Waals surface area contributed by atoms with Crippen molar-refractivity contribution in [1.82, 2.24) is 4.98 Å². The predicted molar refractivity (Wildman–Crippen MR) is 385 cm³/mol. The third-order valence-corrected chi connectivity index (χ3v) is 20.5. The molecule has 0 N–H and O–H groups in total. The first kappa shape index (κ1) is 54.2. The van der Waals surface area contributed by atoms with Crippen LogP contribution in [0.25, 0.3) is 121 Å². The van der Waals surface area contributed by atoms with E-state index in [9.17, 15) is 0 Å². The fraction of sp³-hybridized carbons (Fsp3) is 0.138. The molecule has 18 rings (SSSR count). The van der Waals surface area contributed by atoms with Crippen LogP contribution in [0.1, 0.15) is 87.2 Å². The lowest BCUT2D eigenvalue weighted by Gasteiger charge is -2.31. The zero-order chi connectivity index (χ0) is 60.6. The number of aromatic nitrogens is 1. The number of nitrogens with zero attached hydrogens (tertiary/aromatic N) is 3. The number of hydrogen-bond acceptors (Lipinski definition) is 5. The highest BCUT2D eigenvalue weighted by atomic mass is 16.3. The van der Waals surface area contributed by atoms with Crippen molar-refractivity contribution in [1.29, 1.82) is 0 Å². The first-order valence-corrected chi connectivity index (χ1v) is 33.2. The Kier molecular flexibility index (Phi) is 13.3. The molecular formula is C87H67N3O2. The minimum Gasteiger partial charge on any atom is -0.454 e. The number of para-hydroxylation sites is 4. The second kappa shape index (κ2) is 22.6. The Bertz CT molecular complexity index is 5090. The fourth-order valence-electron chi connectivity index (χ4n) is 16.1. The first-order valence-electron chi connectivity index (χ1n) is 33.2. The normalized spacial score (nSPS) is 14.2. The van der Waals surface area contributed by atoms with E-state index in [1.807, 2.05) is 18.5 Å². The maximum atomic E-state index is 7.48. The molecule has 442 valence electrons. The molecule has 0 saturated heterocycles. The molecule has 0 unspecified atom stereocenters. The molecule has 3 heterocycles. The summed E-state index contributed by atoms with van der Waals surface area (Å²) in [4.78, 5) is 9.76. The van der Waals surface area contributed by atoms with Gasteiger partial charge in [0.25, 0.3) is 0 Å². The van der Waals surface area contributed by atoms with E-state index in [2.05, 4.69) is 265 Å². The summed E-state index contributed by atoms with van der Waals surface area (Å²) in [5.41, 5.74) is 21.6. The van der Waals surface area contributed by atoms with Crippen LogP contribution in [0.2, 0.25) is 0 Å². The molecule has 0 radical (unpaired) electrons. The van der Waals surface area contributed by atoms with Crippen LogP contribution in [0.3, 0.4) is 0 Å². The van der Waals surface area contributed by atoms with Crippen LogP contribution >= 0.6 is 0 Å². The molecule has 2 aliphatic carbocycles. The van der Waals surface area contributed by atoms with Crippen molar-refractivity contribution in [3.05, 3.63) is 284 Å². The minimum atomic E-state index is 0.470. The molecule has 16 aromatic rings. The molecule has 5 heteroatoms. The molecule has 13 aromatic carbocycles. The van der Waals surface area contributed by atoms with Crippen LogP contribution in [0.15, 0.2) is 282 Å². The van der Waals surface area contributed by atoms with Gasteiger partial charge in [0.2, 0.25) is 0 Å². The Labute approximate surface area is 535 Å². The lowest BCUT2D eigenvalue weighted by atomic mass is 9.83. The number of benzene rings is 13. The highest BCUT2D eigenvalue weighted by Crippen LogP contribution is 2.54. The van der Waals surface area contributed by atoms with Gasteiger partial charge in [-0.1, -0.05) is 245 Å². The van der Waals surface area contributed by atoms with Gasteiger partial charge in [0.15, 0.2) is 11.2 Å². The van der Waals surface area contributed by atoms with Gasteiger partial charge in [-0.2, -0.15) is 0 Å². The van der Waals surface area contributed by atoms with Crippen LogP contribution in [0, 0.1) is 0 Å². The lowest BCUT2D eigenvalue weighted by Crippen LogP contribution is -2.13. The SMILES string of the molecule is c1ccc(-c2ccc(N(c3ccc4ccc5c(N(c6ccc(-c7ccccc7)cc6-c6cccnc6)c6cccc7c6oc6c(C8CCCCC8)cccc67)ccc6ccc3c4c65)c3cccc4c3oc3c(C5CCCCC5)cccc34)c(-c3ccccc3)c2)cc1. The zero-order valence-corrected chi connectivity index (χ0v) is 51.4. The Morgan fingerprint density at radius 3 is 1.14 bits per heavy atom. The van der Waals surface area contributed by atoms with Gasteiger partial charge in [0.05, 0.1) is 34.1 Å². The Morgan fingerprint density at radius 2 is 0.685 bits per heavy atom. The van der Waals surface area contributed by atoms with Crippen LogP contribution in [0.5, 0.6) is 0 Å². The van der Waals surface area contributed by atoms with Crippen molar-refractivity contribution in [3.8, 4) is 44.5 Å². The second-order valence-electron chi connectivity index (χ2n) is 25.7. The van der Waals surface area contributed by atoms with Crippen molar-refractivity contribution in [3.63, 3.8) is 0 Å². The predicted octanol–water partition coefficient (Wildman–Crippen LogP) is 25.5. The van der Waals surface area contributed by atoms with E-state index in [0.29, 0.717) is 11.8 Å². The van der Waals surface area contributed by atoms with E-state index in [1.165, 1.54) is 108 Å². The summed E-state index contributed by atoms with van der Waals surface area (Å²) < 4.78 is 15.0. The smallest absolute Gasteiger partial charge is 0.159 e. The molecule has 2 saturated carbocycles. The van der Waals surface area contributed by atoms with Crippen molar-refractivity contribution >= 4 is 110 Å². The third-order valence-electron chi connectivity index (χ3n) is 20.5. The van der Waals surface area contributed by atoms with E-state index in [0.717, 1.165) is 122 Å². The molecule has 0 bridgehead atoms. The molecule has 0 aliphatic heterocycles. The average Bonchev–Trinajstić information content (AvgIpc) is 0.910. The number of fused-ring (bicyclic) bond motifs is 6. The first-order chi connectivity index (χ1) is 45.7. The molecule has 5 nitrogen and oxygen atoms in total. The molecule has 2 fully saturated rings. The number of anilines is 6. The van der Waals surface area contributed by atoms with E-state index in [-0.39, 0.29) is 0 Å². The van der Waals surface area contributed by atoms with Crippen LogP contribution in [0.4, 0.5) is 34.1 Å². The summed E-state index contributed by atoms with van der Waals surface area (Å²) in [6.07, 6.45) is 16.2. The quantitative estimate of drug-likeness (QED) is 0.114. The van der Waals surface area contributed by atoms with Gasteiger partial charge in [-0.25, -0.2) is 0 Å². The summed E-state index contributed by atoms with van der Waals surface area (Å²) in [6, 6.07) is 96.6. The van der Waals surface area contributed by atoms with Crippen LogP contribution in [-0.2, 0) is 0 Å². The van der Waals surface area contributed by atoms with Crippen molar-refractivity contribution in [2.75, 3.05) is 9.80 Å². The Hall–Kier alpha value is -10.8. The number of pyridine rings is 1. The van der Waals surface area contributed by atoms with E-state index >= 15 is 0 Å². The van der Waals surface area contributed by atoms with Gasteiger partial charge >= 0.3 is 0 Å². The van der Waals surface area contributed by atoms with E-state index in [1.54, 1.807) is 0 Å². The van der Waals surface area contributed by atoms with E-state index in [4.69, 9.17) is 13.8 Å². The number of rotatable bonds is 12. The van der Waals surface area contributed by atoms with Gasteiger partial charge < -0.3 is 18.6 Å². The molecule has 0 atom stereocenters. The summed E-state index contributed by atoms with van der Waals surface area (Å²) in [5.74, 6) is 0.945. The molecule has 3 aromatic heterocycles. The molecule has 0 spiro atoms. The summed E-state index contributed by atoms with van der Waals surface area (Å²) in [5, 5.41) is 11.6. The van der Waals surface area contributed by atoms with Gasteiger partial charge in [-0.05, 0) is 153 Å². The van der Waals surface area contributed by atoms with Crippen molar-refractivity contribution in [2.45, 2.75) is 76.0 Å². The highest BCUT2D eigenvalue weighted by molar-refractivity contribution is 6.29. The summed E-state index contributed by atoms with van der Waals surface area (Å²) in [6.45, 7) is 0. The fourth-order valence-corrected chi connectivity index (χ4v) is 16.1. The third kappa shape index (κ3) is 9.07. The highest BCUT2D eigenvalue weighted by Gasteiger charge is 2.31. The van der Waals surface area contributed by atoms with Gasteiger partial charge in [0.1, 0.15) is 11.2 Å². The van der Waals surface area contributed by atoms with Gasteiger partial charge in [-0.3, -0.25) is 4.98 Å². The van der Waals surface area contributed by atoms with Crippen molar-refractivity contribution in [2.24, 2.45) is 0 Å². The minimum absolute atomic E-state index is 0.470. The summed E-state index contributed by atoms with van der Waals surface area (Å²) in [7, 11) is 0. The van der Waals surface area contributed by atoms with Crippen LogP contribution in [-0.4, -0.2) is 4.98 Å². The maximum absolute atomic E-state index is 7.48. The second-order valence-corrected chi connectivity index (χ2v) is 25.7. The zero-order valence-electron chi connectivity index (χ0n) is 51.4. The molecular weight excluding hydrogens is 1120 g/mol. The lowest BCUT2D eigenvalue weighted by molar-refractivity contribution is 0.442. The van der Waals surface area contributed by atoms with Gasteiger partial charge in [-0.15, -0.1) is 0 Å². The standard InChI is InChI=1S/C87H67N3O2/c1-6-21-56(22-7-1)63-44-50-78(74(53-63)60-29-14-5-15-30-60)89(80-38-18-36-70-68-34-16-32-66(84(68)91-86(70)80)58-25-10-3-11-26-58)76-48-42-61-41-47-73-77(49-43-62-40-46-72(76)82(61)83(62)73)90(79-51-45-64(57-23-8-2-9-24-57)54-75(79)65-31-20-52-88-55-65)81-39-19-37-71-69-35-17-33-67(85(69)92-87(71)81)59-27-12-4-13-28-59/h1-2,5-9,14-24,29-55,58-59H,3-4,10-13,25-28H2. The Balaban J connectivity index is 0.904. The maximum Gasteiger partial charge on any atom is 0.159 e. The van der Waals surface area contributed by atoms with Crippen molar-refractivity contribution < 1.29 is 8.83 Å². The number of hydrogen-bond donors (Lipinski definition) is 0. The topological polar surface area (TPSA) is 45.7 Å². The van der Waals surface area contributed by atoms with E-state index < -0.39 is 0 Å². The molecule has 2 aliphatic rings. The largest absolute Gasteiger partial charge is 0.454 e. The monoisotopic (exact) mass is 1190 g/mol. The van der Waals surface area contributed by atoms with Gasteiger partial charge in [0, 0.05) is 61.4 Å². The summed E-state index contributed by atoms with van der Waals surface area (Å²) >= 11 is 0. The van der Waals surface area contributed by atoms with Crippen LogP contribution < -0.4 is 9.80 Å². The number of furan rings is 2.